The summed E-state index contributed by atoms with van der Waals surface area (Å²) in [6.45, 7) is 4.58. The molecule has 0 radical (unpaired) electrons. The topological polar surface area (TPSA) is 49.6 Å². The third-order valence-electron chi connectivity index (χ3n) is 2.77. The monoisotopic (exact) mass is 209 g/mol. The maximum atomic E-state index is 11.9. The molecular formula is C11H19N3O. The van der Waals surface area contributed by atoms with E-state index in [1.165, 1.54) is 0 Å². The fourth-order valence-corrected chi connectivity index (χ4v) is 1.89. The number of nitrogens with zero attached hydrogens (tertiary/aromatic N) is 2. The second-order valence-electron chi connectivity index (χ2n) is 4.16. The molecule has 1 amide bonds. The van der Waals surface area contributed by atoms with E-state index < -0.39 is 6.04 Å². The molecule has 4 heteroatoms. The summed E-state index contributed by atoms with van der Waals surface area (Å²) >= 11 is 0. The molecule has 0 aromatic rings. The van der Waals surface area contributed by atoms with Crippen LogP contribution in [0.4, 0.5) is 0 Å². The van der Waals surface area contributed by atoms with Crippen LogP contribution in [0.2, 0.25) is 0 Å². The Morgan fingerprint density at radius 1 is 1.67 bits per heavy atom. The van der Waals surface area contributed by atoms with Gasteiger partial charge in [0.05, 0.1) is 6.04 Å². The van der Waals surface area contributed by atoms with Gasteiger partial charge in [0.1, 0.15) is 0 Å². The van der Waals surface area contributed by atoms with Gasteiger partial charge in [-0.1, -0.05) is 0 Å². The third kappa shape index (κ3) is 2.95. The molecule has 2 atom stereocenters. The first-order chi connectivity index (χ1) is 7.06. The molecule has 1 heterocycles. The fourth-order valence-electron chi connectivity index (χ4n) is 1.89. The maximum absolute atomic E-state index is 11.9. The predicted molar refractivity (Wildman–Crippen MR) is 60.1 cm³/mol. The van der Waals surface area contributed by atoms with Crippen LogP contribution in [0.3, 0.4) is 0 Å². The maximum Gasteiger partial charge on any atom is 0.240 e. The van der Waals surface area contributed by atoms with Gasteiger partial charge < -0.3 is 15.5 Å². The summed E-state index contributed by atoms with van der Waals surface area (Å²) in [5, 5.41) is 0. The minimum absolute atomic E-state index is 0.0199. The van der Waals surface area contributed by atoms with E-state index in [-0.39, 0.29) is 11.9 Å². The second kappa shape index (κ2) is 5.15. The van der Waals surface area contributed by atoms with Crippen molar-refractivity contribution in [2.45, 2.75) is 25.4 Å². The summed E-state index contributed by atoms with van der Waals surface area (Å²) < 4.78 is 0. The van der Waals surface area contributed by atoms with Gasteiger partial charge in [0, 0.05) is 32.1 Å². The summed E-state index contributed by atoms with van der Waals surface area (Å²) in [5.74, 6) is 2.41. The molecular weight excluding hydrogens is 190 g/mol. The molecule has 0 spiro atoms. The van der Waals surface area contributed by atoms with Crippen LogP contribution in [-0.4, -0.2) is 54.5 Å². The van der Waals surface area contributed by atoms with E-state index in [0.717, 1.165) is 19.6 Å². The third-order valence-corrected chi connectivity index (χ3v) is 2.77. The number of terminal acetylenes is 1. The van der Waals surface area contributed by atoms with E-state index in [9.17, 15) is 4.79 Å². The van der Waals surface area contributed by atoms with E-state index in [1.807, 2.05) is 11.8 Å². The number of carbonyl (C=O) groups excluding carboxylic acids is 1. The van der Waals surface area contributed by atoms with Crippen LogP contribution in [0.25, 0.3) is 0 Å². The summed E-state index contributed by atoms with van der Waals surface area (Å²) in [6.07, 6.45) is 5.46. The molecule has 1 aliphatic heterocycles. The van der Waals surface area contributed by atoms with Crippen molar-refractivity contribution < 1.29 is 4.79 Å². The van der Waals surface area contributed by atoms with Crippen molar-refractivity contribution in [2.24, 2.45) is 5.73 Å². The molecule has 84 valence electrons. The van der Waals surface area contributed by atoms with Gasteiger partial charge >= 0.3 is 0 Å². The Hall–Kier alpha value is -1.05. The molecule has 2 N–H and O–H groups in total. The van der Waals surface area contributed by atoms with Crippen molar-refractivity contribution >= 4 is 5.91 Å². The minimum Gasteiger partial charge on any atom is -0.336 e. The Morgan fingerprint density at radius 3 is 2.87 bits per heavy atom. The molecule has 0 aromatic heterocycles. The van der Waals surface area contributed by atoms with Gasteiger partial charge in [0.2, 0.25) is 5.91 Å². The van der Waals surface area contributed by atoms with E-state index in [2.05, 4.69) is 17.9 Å². The van der Waals surface area contributed by atoms with Crippen LogP contribution in [0.1, 0.15) is 13.3 Å². The first-order valence-electron chi connectivity index (χ1n) is 5.24. The normalized spacial score (nSPS) is 24.7. The molecule has 1 saturated heterocycles. The number of hydrogen-bond acceptors (Lipinski definition) is 3. The van der Waals surface area contributed by atoms with Crippen LogP contribution >= 0.6 is 0 Å². The van der Waals surface area contributed by atoms with Gasteiger partial charge in [-0.25, -0.2) is 0 Å². The highest BCUT2D eigenvalue weighted by molar-refractivity contribution is 5.82. The van der Waals surface area contributed by atoms with Crippen LogP contribution in [-0.2, 0) is 4.79 Å². The molecule has 0 bridgehead atoms. The number of rotatable bonds is 2. The number of amides is 1. The SMILES string of the molecule is C#CCC(N)C(=O)N1CCN(C)CC1C. The van der Waals surface area contributed by atoms with Gasteiger partial charge in [0.25, 0.3) is 0 Å². The van der Waals surface area contributed by atoms with E-state index >= 15 is 0 Å². The van der Waals surface area contributed by atoms with E-state index in [0.29, 0.717) is 6.42 Å². The standard InChI is InChI=1S/C11H19N3O/c1-4-5-10(12)11(15)14-7-6-13(3)8-9(14)2/h1,9-10H,5-8,12H2,2-3H3. The lowest BCUT2D eigenvalue weighted by Gasteiger charge is -2.39. The summed E-state index contributed by atoms with van der Waals surface area (Å²) in [7, 11) is 2.06. The van der Waals surface area contributed by atoms with Crippen molar-refractivity contribution in [1.82, 2.24) is 9.80 Å². The lowest BCUT2D eigenvalue weighted by atomic mass is 10.1. The molecule has 0 saturated carbocycles. The Balaban J connectivity index is 2.56. The Kier molecular flexibility index (Phi) is 4.13. The highest BCUT2D eigenvalue weighted by Gasteiger charge is 2.28. The lowest BCUT2D eigenvalue weighted by Crippen LogP contribution is -2.56. The summed E-state index contributed by atoms with van der Waals surface area (Å²) in [4.78, 5) is 15.9. The smallest absolute Gasteiger partial charge is 0.240 e. The minimum atomic E-state index is -0.541. The average Bonchev–Trinajstić information content (AvgIpc) is 2.17. The van der Waals surface area contributed by atoms with Crippen molar-refractivity contribution in [3.63, 3.8) is 0 Å². The molecule has 1 fully saturated rings. The number of hydrogen-bond donors (Lipinski definition) is 1. The van der Waals surface area contributed by atoms with Gasteiger partial charge in [-0.3, -0.25) is 4.79 Å². The van der Waals surface area contributed by atoms with Crippen molar-refractivity contribution in [2.75, 3.05) is 26.7 Å². The van der Waals surface area contributed by atoms with Crippen molar-refractivity contribution in [1.29, 1.82) is 0 Å². The molecule has 0 aromatic carbocycles. The highest BCUT2D eigenvalue weighted by atomic mass is 16.2. The Labute approximate surface area is 91.4 Å². The van der Waals surface area contributed by atoms with E-state index in [1.54, 1.807) is 0 Å². The van der Waals surface area contributed by atoms with Gasteiger partial charge in [-0.15, -0.1) is 12.3 Å². The van der Waals surface area contributed by atoms with E-state index in [4.69, 9.17) is 12.2 Å². The molecule has 0 aliphatic carbocycles. The average molecular weight is 209 g/mol. The zero-order valence-corrected chi connectivity index (χ0v) is 9.44. The predicted octanol–water partition coefficient (Wildman–Crippen LogP) is -0.500. The number of piperazine rings is 1. The van der Waals surface area contributed by atoms with Crippen LogP contribution in [0.15, 0.2) is 0 Å². The summed E-state index contributed by atoms with van der Waals surface area (Å²) in [5.41, 5.74) is 5.71. The van der Waals surface area contributed by atoms with Crippen molar-refractivity contribution in [3.05, 3.63) is 0 Å². The largest absolute Gasteiger partial charge is 0.336 e. The van der Waals surface area contributed by atoms with Crippen LogP contribution < -0.4 is 5.73 Å². The highest BCUT2D eigenvalue weighted by Crippen LogP contribution is 2.09. The molecule has 1 rings (SSSR count). The van der Waals surface area contributed by atoms with Crippen LogP contribution in [0, 0.1) is 12.3 Å². The molecule has 4 nitrogen and oxygen atoms in total. The second-order valence-corrected chi connectivity index (χ2v) is 4.16. The van der Waals surface area contributed by atoms with Crippen LogP contribution in [0.5, 0.6) is 0 Å². The number of carbonyl (C=O) groups is 1. The Bertz CT molecular complexity index is 271. The van der Waals surface area contributed by atoms with Gasteiger partial charge in [0.15, 0.2) is 0 Å². The van der Waals surface area contributed by atoms with Gasteiger partial charge in [-0.2, -0.15) is 0 Å². The number of nitrogens with two attached hydrogens (primary N) is 1. The molecule has 15 heavy (non-hydrogen) atoms. The quantitative estimate of drug-likeness (QED) is 0.624. The lowest BCUT2D eigenvalue weighted by molar-refractivity contribution is -0.136. The van der Waals surface area contributed by atoms with Crippen molar-refractivity contribution in [3.8, 4) is 12.3 Å². The summed E-state index contributed by atoms with van der Waals surface area (Å²) in [6, 6.07) is -0.319. The molecule has 2 unspecified atom stereocenters. The zero-order chi connectivity index (χ0) is 11.4. The van der Waals surface area contributed by atoms with Gasteiger partial charge in [-0.05, 0) is 14.0 Å². The first kappa shape index (κ1) is 12.0. The fraction of sp³-hybridized carbons (Fsp3) is 0.727. The zero-order valence-electron chi connectivity index (χ0n) is 9.44. The first-order valence-corrected chi connectivity index (χ1v) is 5.24. The number of likely N-dealkylation sites (N-methyl/N-ethyl adjacent to an activating group) is 1. The molecule has 1 aliphatic rings. The Morgan fingerprint density at radius 2 is 2.33 bits per heavy atom.